The molecule has 0 saturated carbocycles. The van der Waals surface area contributed by atoms with Crippen molar-refractivity contribution in [3.8, 4) is 11.5 Å². The number of carbonyl (C=O) groups is 1. The Balaban J connectivity index is 2.30. The Morgan fingerprint density at radius 1 is 1.47 bits per heavy atom. The normalized spacial score (nSPS) is 17.7. The SMILES string of the molecule is COc1cc2c(c(OCC(C)=O)c1)CC(N)C2. The average molecular weight is 235 g/mol. The van der Waals surface area contributed by atoms with Gasteiger partial charge in [0.15, 0.2) is 5.78 Å². The highest BCUT2D eigenvalue weighted by Gasteiger charge is 2.23. The minimum atomic E-state index is 0.00358. The molecule has 0 heterocycles. The summed E-state index contributed by atoms with van der Waals surface area (Å²) in [6.45, 7) is 1.60. The van der Waals surface area contributed by atoms with E-state index in [1.54, 1.807) is 7.11 Å². The van der Waals surface area contributed by atoms with Crippen LogP contribution in [-0.2, 0) is 17.6 Å². The summed E-state index contributed by atoms with van der Waals surface area (Å²) in [6, 6.07) is 3.94. The van der Waals surface area contributed by atoms with Gasteiger partial charge in [-0.05, 0) is 37.0 Å². The van der Waals surface area contributed by atoms with Crippen molar-refractivity contribution in [3.05, 3.63) is 23.3 Å². The second-order valence-electron chi connectivity index (χ2n) is 4.42. The van der Waals surface area contributed by atoms with E-state index in [0.717, 1.165) is 35.5 Å². The minimum Gasteiger partial charge on any atom is -0.497 e. The Hall–Kier alpha value is -1.55. The van der Waals surface area contributed by atoms with E-state index in [1.807, 2.05) is 12.1 Å². The lowest BCUT2D eigenvalue weighted by atomic mass is 10.1. The Morgan fingerprint density at radius 3 is 2.88 bits per heavy atom. The number of carbonyl (C=O) groups excluding carboxylic acids is 1. The van der Waals surface area contributed by atoms with E-state index in [9.17, 15) is 4.79 Å². The fourth-order valence-corrected chi connectivity index (χ4v) is 2.13. The summed E-state index contributed by atoms with van der Waals surface area (Å²) in [4.78, 5) is 11.0. The molecular weight excluding hydrogens is 218 g/mol. The number of hydrogen-bond acceptors (Lipinski definition) is 4. The van der Waals surface area contributed by atoms with Crippen molar-refractivity contribution in [2.24, 2.45) is 5.73 Å². The third-order valence-corrected chi connectivity index (χ3v) is 2.89. The van der Waals surface area contributed by atoms with Gasteiger partial charge in [0, 0.05) is 12.1 Å². The molecular formula is C13H17NO3. The Morgan fingerprint density at radius 2 is 2.24 bits per heavy atom. The molecule has 92 valence electrons. The van der Waals surface area contributed by atoms with Crippen LogP contribution in [0.4, 0.5) is 0 Å². The molecule has 4 nitrogen and oxygen atoms in total. The van der Waals surface area contributed by atoms with E-state index in [4.69, 9.17) is 15.2 Å². The maximum atomic E-state index is 11.0. The van der Waals surface area contributed by atoms with Crippen LogP contribution in [0.25, 0.3) is 0 Å². The fourth-order valence-electron chi connectivity index (χ4n) is 2.13. The summed E-state index contributed by atoms with van der Waals surface area (Å²) in [7, 11) is 1.62. The Kier molecular flexibility index (Phi) is 3.33. The summed E-state index contributed by atoms with van der Waals surface area (Å²) < 4.78 is 10.7. The first-order chi connectivity index (χ1) is 8.10. The molecule has 1 aliphatic rings. The smallest absolute Gasteiger partial charge is 0.167 e. The second kappa shape index (κ2) is 4.75. The number of fused-ring (bicyclic) bond motifs is 1. The first-order valence-corrected chi connectivity index (χ1v) is 5.67. The molecule has 1 atom stereocenters. The van der Waals surface area contributed by atoms with Gasteiger partial charge in [-0.25, -0.2) is 0 Å². The fraction of sp³-hybridized carbons (Fsp3) is 0.462. The maximum Gasteiger partial charge on any atom is 0.167 e. The van der Waals surface area contributed by atoms with Gasteiger partial charge in [0.25, 0.3) is 0 Å². The van der Waals surface area contributed by atoms with Gasteiger partial charge < -0.3 is 15.2 Å². The van der Waals surface area contributed by atoms with Gasteiger partial charge in [0.2, 0.25) is 0 Å². The summed E-state index contributed by atoms with van der Waals surface area (Å²) in [5.74, 6) is 1.47. The largest absolute Gasteiger partial charge is 0.497 e. The highest BCUT2D eigenvalue weighted by Crippen LogP contribution is 2.34. The number of Topliss-reactive ketones (excluding diaryl/α,β-unsaturated/α-hetero) is 1. The van der Waals surface area contributed by atoms with Crippen molar-refractivity contribution in [1.82, 2.24) is 0 Å². The second-order valence-corrected chi connectivity index (χ2v) is 4.42. The van der Waals surface area contributed by atoms with Crippen LogP contribution >= 0.6 is 0 Å². The minimum absolute atomic E-state index is 0.00358. The van der Waals surface area contributed by atoms with Crippen molar-refractivity contribution in [2.75, 3.05) is 13.7 Å². The maximum absolute atomic E-state index is 11.0. The molecule has 2 rings (SSSR count). The zero-order chi connectivity index (χ0) is 12.4. The van der Waals surface area contributed by atoms with E-state index in [0.29, 0.717) is 0 Å². The summed E-state index contributed by atoms with van der Waals surface area (Å²) >= 11 is 0. The number of rotatable bonds is 4. The van der Waals surface area contributed by atoms with E-state index in [2.05, 4.69) is 0 Å². The molecule has 1 aromatic rings. The molecule has 1 unspecified atom stereocenters. The van der Waals surface area contributed by atoms with E-state index >= 15 is 0 Å². The highest BCUT2D eigenvalue weighted by molar-refractivity contribution is 5.77. The zero-order valence-corrected chi connectivity index (χ0v) is 10.2. The number of methoxy groups -OCH3 is 1. The van der Waals surface area contributed by atoms with E-state index < -0.39 is 0 Å². The predicted octanol–water partition coefficient (Wildman–Crippen LogP) is 1.09. The van der Waals surface area contributed by atoms with Crippen LogP contribution in [0, 0.1) is 0 Å². The van der Waals surface area contributed by atoms with Gasteiger partial charge >= 0.3 is 0 Å². The van der Waals surface area contributed by atoms with Crippen molar-refractivity contribution < 1.29 is 14.3 Å². The third kappa shape index (κ3) is 2.58. The molecule has 0 bridgehead atoms. The lowest BCUT2D eigenvalue weighted by Crippen LogP contribution is -2.19. The van der Waals surface area contributed by atoms with Gasteiger partial charge in [-0.15, -0.1) is 0 Å². The zero-order valence-electron chi connectivity index (χ0n) is 10.2. The highest BCUT2D eigenvalue weighted by atomic mass is 16.5. The van der Waals surface area contributed by atoms with Gasteiger partial charge in [0.05, 0.1) is 7.11 Å². The monoisotopic (exact) mass is 235 g/mol. The summed E-state index contributed by atoms with van der Waals surface area (Å²) in [5, 5.41) is 0. The number of hydrogen-bond donors (Lipinski definition) is 1. The van der Waals surface area contributed by atoms with Crippen LogP contribution in [0.3, 0.4) is 0 Å². The molecule has 0 saturated heterocycles. The molecule has 0 fully saturated rings. The van der Waals surface area contributed by atoms with Gasteiger partial charge in [-0.1, -0.05) is 0 Å². The topological polar surface area (TPSA) is 61.5 Å². The van der Waals surface area contributed by atoms with Crippen molar-refractivity contribution in [3.63, 3.8) is 0 Å². The van der Waals surface area contributed by atoms with Crippen LogP contribution in [-0.4, -0.2) is 25.5 Å². The van der Waals surface area contributed by atoms with Crippen molar-refractivity contribution >= 4 is 5.78 Å². The van der Waals surface area contributed by atoms with Crippen molar-refractivity contribution in [2.45, 2.75) is 25.8 Å². The van der Waals surface area contributed by atoms with E-state index in [1.165, 1.54) is 6.92 Å². The van der Waals surface area contributed by atoms with Crippen LogP contribution in [0.5, 0.6) is 11.5 Å². The molecule has 0 amide bonds. The summed E-state index contributed by atoms with van der Waals surface area (Å²) in [6.07, 6.45) is 1.63. The van der Waals surface area contributed by atoms with Crippen LogP contribution in [0.1, 0.15) is 18.1 Å². The van der Waals surface area contributed by atoms with Gasteiger partial charge in [-0.2, -0.15) is 0 Å². The predicted molar refractivity (Wildman–Crippen MR) is 64.6 cm³/mol. The number of benzene rings is 1. The molecule has 0 aromatic heterocycles. The van der Waals surface area contributed by atoms with Crippen LogP contribution in [0.2, 0.25) is 0 Å². The molecule has 1 aromatic carbocycles. The standard InChI is InChI=1S/C13H17NO3/c1-8(15)7-17-13-6-11(16-2)4-9-3-10(14)5-12(9)13/h4,6,10H,3,5,7,14H2,1-2H3. The van der Waals surface area contributed by atoms with Gasteiger partial charge in [0.1, 0.15) is 18.1 Å². The first kappa shape index (κ1) is 11.9. The molecule has 4 heteroatoms. The quantitative estimate of drug-likeness (QED) is 0.848. The number of ether oxygens (including phenoxy) is 2. The molecule has 0 spiro atoms. The molecule has 2 N–H and O–H groups in total. The molecule has 0 aliphatic heterocycles. The Bertz CT molecular complexity index is 443. The first-order valence-electron chi connectivity index (χ1n) is 5.67. The van der Waals surface area contributed by atoms with Crippen LogP contribution in [0.15, 0.2) is 12.1 Å². The van der Waals surface area contributed by atoms with Gasteiger partial charge in [-0.3, -0.25) is 4.79 Å². The molecule has 17 heavy (non-hydrogen) atoms. The Labute approximate surface area is 101 Å². The van der Waals surface area contributed by atoms with E-state index in [-0.39, 0.29) is 18.4 Å². The van der Waals surface area contributed by atoms with Crippen molar-refractivity contribution in [1.29, 1.82) is 0 Å². The number of nitrogens with two attached hydrogens (primary N) is 1. The molecule has 1 aliphatic carbocycles. The molecule has 0 radical (unpaired) electrons. The lowest BCUT2D eigenvalue weighted by molar-refractivity contribution is -0.118. The van der Waals surface area contributed by atoms with Crippen LogP contribution < -0.4 is 15.2 Å². The third-order valence-electron chi connectivity index (χ3n) is 2.89. The summed E-state index contributed by atoms with van der Waals surface area (Å²) in [5.41, 5.74) is 8.21. The number of ketones is 1. The lowest BCUT2D eigenvalue weighted by Gasteiger charge is -2.11. The average Bonchev–Trinajstić information content (AvgIpc) is 2.65.